The number of piperidine rings is 1. The number of likely N-dealkylation sites (tertiary alicyclic amines) is 1. The number of nitrogens with zero attached hydrogens (tertiary/aromatic N) is 4. The van der Waals surface area contributed by atoms with Gasteiger partial charge in [-0.05, 0) is 61.1 Å². The van der Waals surface area contributed by atoms with Gasteiger partial charge in [0.15, 0.2) is 0 Å². The molecule has 276 valence electrons. The van der Waals surface area contributed by atoms with E-state index in [2.05, 4.69) is 4.98 Å². The zero-order valence-electron chi connectivity index (χ0n) is 28.1. The first-order valence-electron chi connectivity index (χ1n) is 16.4. The van der Waals surface area contributed by atoms with E-state index in [0.29, 0.717) is 29.2 Å². The summed E-state index contributed by atoms with van der Waals surface area (Å²) in [5, 5.41) is 1.61. The van der Waals surface area contributed by atoms with Gasteiger partial charge in [0.2, 0.25) is 11.5 Å². The third-order valence-electron chi connectivity index (χ3n) is 9.37. The second-order valence-electron chi connectivity index (χ2n) is 13.0. The monoisotopic (exact) mass is 758 g/mol. The number of hydrogen-bond donors (Lipinski definition) is 0. The van der Waals surface area contributed by atoms with Crippen molar-refractivity contribution in [1.29, 1.82) is 0 Å². The summed E-state index contributed by atoms with van der Waals surface area (Å²) >= 11 is 6.67. The molecule has 0 bridgehead atoms. The van der Waals surface area contributed by atoms with Crippen LogP contribution in [0.4, 0.5) is 26.3 Å². The van der Waals surface area contributed by atoms with Gasteiger partial charge in [-0.1, -0.05) is 31.0 Å². The number of carbonyl (C=O) groups is 3. The van der Waals surface area contributed by atoms with Gasteiger partial charge in [0.25, 0.3) is 11.8 Å². The molecule has 0 spiro atoms. The molecule has 51 heavy (non-hydrogen) atoms. The Morgan fingerprint density at radius 1 is 1.04 bits per heavy atom. The van der Waals surface area contributed by atoms with Crippen LogP contribution in [-0.4, -0.2) is 75.7 Å². The molecule has 2 aliphatic rings. The molecule has 0 saturated carbocycles. The number of amides is 3. The number of benzene rings is 1. The number of fused-ring (bicyclic) bond motifs is 1. The van der Waals surface area contributed by atoms with E-state index in [4.69, 9.17) is 16.3 Å². The number of thiophene rings is 1. The Morgan fingerprint density at radius 3 is 2.43 bits per heavy atom. The van der Waals surface area contributed by atoms with Crippen molar-refractivity contribution in [3.05, 3.63) is 80.3 Å². The van der Waals surface area contributed by atoms with E-state index in [1.54, 1.807) is 39.2 Å². The maximum atomic E-state index is 15.3. The van der Waals surface area contributed by atoms with E-state index in [9.17, 15) is 35.9 Å². The van der Waals surface area contributed by atoms with Gasteiger partial charge in [0.05, 0.1) is 11.6 Å². The molecule has 0 unspecified atom stereocenters. The van der Waals surface area contributed by atoms with Gasteiger partial charge >= 0.3 is 12.4 Å². The molecule has 3 amide bonds. The molecule has 1 fully saturated rings. The van der Waals surface area contributed by atoms with E-state index in [1.807, 2.05) is 0 Å². The predicted molar refractivity (Wildman–Crippen MR) is 178 cm³/mol. The minimum atomic E-state index is -4.91. The molecule has 5 rings (SSSR count). The van der Waals surface area contributed by atoms with Crippen LogP contribution in [0.25, 0.3) is 0 Å². The Labute approximate surface area is 300 Å². The van der Waals surface area contributed by atoms with Gasteiger partial charge in [-0.25, -0.2) is 0 Å². The number of halogens is 7. The van der Waals surface area contributed by atoms with Crippen LogP contribution in [0.5, 0.6) is 5.75 Å². The van der Waals surface area contributed by atoms with Gasteiger partial charge in [0.1, 0.15) is 16.3 Å². The van der Waals surface area contributed by atoms with Crippen molar-refractivity contribution < 1.29 is 45.5 Å². The zero-order valence-corrected chi connectivity index (χ0v) is 29.7. The maximum Gasteiger partial charge on any atom is 0.425 e. The molecule has 8 nitrogen and oxygen atoms in total. The number of ether oxygens (including phenoxy) is 1. The summed E-state index contributed by atoms with van der Waals surface area (Å²) < 4.78 is 89.8. The Hall–Kier alpha value is -3.85. The fraction of sp³-hybridized carbons (Fsp3) is 0.486. The first kappa shape index (κ1) is 38.4. The van der Waals surface area contributed by atoms with Crippen LogP contribution in [0.1, 0.15) is 77.5 Å². The highest BCUT2D eigenvalue weighted by atomic mass is 35.5. The van der Waals surface area contributed by atoms with Crippen LogP contribution in [0.2, 0.25) is 5.02 Å². The minimum Gasteiger partial charge on any atom is -0.474 e. The fourth-order valence-corrected chi connectivity index (χ4v) is 7.82. The second kappa shape index (κ2) is 15.0. The Kier molecular flexibility index (Phi) is 11.3. The predicted octanol–water partition coefficient (Wildman–Crippen LogP) is 7.88. The molecule has 0 N–H and O–H groups in total. The first-order chi connectivity index (χ1) is 24.0. The van der Waals surface area contributed by atoms with Crippen LogP contribution in [0.15, 0.2) is 48.0 Å². The Balaban J connectivity index is 1.64. The molecule has 2 aromatic heterocycles. The lowest BCUT2D eigenvalue weighted by Crippen LogP contribution is -2.69. The summed E-state index contributed by atoms with van der Waals surface area (Å²) in [6, 6.07) is 6.03. The van der Waals surface area contributed by atoms with Crippen molar-refractivity contribution in [3.63, 3.8) is 0 Å². The van der Waals surface area contributed by atoms with Crippen molar-refractivity contribution in [2.24, 2.45) is 0 Å². The molecule has 3 atom stereocenters. The lowest BCUT2D eigenvalue weighted by Gasteiger charge is -2.51. The second-order valence-corrected chi connectivity index (χ2v) is 14.3. The van der Waals surface area contributed by atoms with Crippen LogP contribution < -0.4 is 4.74 Å². The van der Waals surface area contributed by atoms with E-state index in [-0.39, 0.29) is 56.9 Å². The van der Waals surface area contributed by atoms with Gasteiger partial charge in [0, 0.05) is 68.7 Å². The van der Waals surface area contributed by atoms with Crippen molar-refractivity contribution in [2.75, 3.05) is 20.6 Å². The highest BCUT2D eigenvalue weighted by Gasteiger charge is 2.57. The molecule has 1 saturated heterocycles. The van der Waals surface area contributed by atoms with Crippen LogP contribution in [0.3, 0.4) is 0 Å². The van der Waals surface area contributed by atoms with E-state index in [1.165, 1.54) is 9.80 Å². The van der Waals surface area contributed by atoms with Crippen LogP contribution >= 0.6 is 22.9 Å². The summed E-state index contributed by atoms with van der Waals surface area (Å²) in [6.45, 7) is 1.76. The quantitative estimate of drug-likeness (QED) is 0.208. The van der Waals surface area contributed by atoms with Gasteiger partial charge in [-0.3, -0.25) is 19.4 Å². The smallest absolute Gasteiger partial charge is 0.425 e. The normalized spacial score (nSPS) is 20.9. The molecule has 16 heteroatoms. The maximum absolute atomic E-state index is 15.3. The van der Waals surface area contributed by atoms with Crippen molar-refractivity contribution in [1.82, 2.24) is 19.7 Å². The highest BCUT2D eigenvalue weighted by molar-refractivity contribution is 7.10. The molecular weight excluding hydrogens is 722 g/mol. The van der Waals surface area contributed by atoms with Crippen LogP contribution in [-0.2, 0) is 34.9 Å². The standard InChI is InChI=1S/C35H37ClF6N4O4S/c1-4-7-27-33(50-25-18-28(51-20-25)35(40,41)42,13-6-15-45(27)31(48)30-26(34(37,38)39)8-5-14-43-30)32(49)46-19-21-9-10-23(36)16-22(21)17-24(46)11-12-29(47)44(2)3/h5,8-10,14,16,18,20,24,27H,4,6-7,11-13,15,17,19H2,1-3H3/t24-,27+,33-/m0/s1. The number of pyridine rings is 1. The lowest BCUT2D eigenvalue weighted by atomic mass is 9.78. The number of aromatic nitrogens is 1. The fourth-order valence-electron chi connectivity index (χ4n) is 6.94. The summed E-state index contributed by atoms with van der Waals surface area (Å²) in [4.78, 5) is 49.0. The Bertz CT molecular complexity index is 1770. The lowest BCUT2D eigenvalue weighted by molar-refractivity contribution is -0.163. The molecule has 0 aliphatic carbocycles. The van der Waals surface area contributed by atoms with Gasteiger partial charge in [-0.15, -0.1) is 11.3 Å². The van der Waals surface area contributed by atoms with E-state index >= 15 is 4.79 Å². The molecule has 3 aromatic rings. The zero-order chi connectivity index (χ0) is 37.3. The number of rotatable bonds is 9. The molecule has 4 heterocycles. The summed E-state index contributed by atoms with van der Waals surface area (Å²) in [5.74, 6) is -2.15. The van der Waals surface area contributed by atoms with Crippen molar-refractivity contribution in [2.45, 2.75) is 88.5 Å². The van der Waals surface area contributed by atoms with Gasteiger partial charge < -0.3 is 19.4 Å². The largest absolute Gasteiger partial charge is 0.474 e. The molecule has 0 radical (unpaired) electrons. The summed E-state index contributed by atoms with van der Waals surface area (Å²) in [5.41, 5.74) is -2.50. The van der Waals surface area contributed by atoms with E-state index < -0.39 is 58.0 Å². The average Bonchev–Trinajstić information content (AvgIpc) is 3.55. The SMILES string of the molecule is CCC[C@H]1N(C(=O)c2ncccc2C(F)(F)F)CCC[C@@]1(Oc1csc(C(F)(F)F)c1)C(=O)N1Cc2ccc(Cl)cc2C[C@@H]1CCC(=O)N(C)C. The molecule has 2 aliphatic heterocycles. The van der Waals surface area contributed by atoms with Crippen molar-refractivity contribution in [3.8, 4) is 5.75 Å². The topological polar surface area (TPSA) is 83.0 Å². The van der Waals surface area contributed by atoms with Crippen molar-refractivity contribution >= 4 is 40.7 Å². The number of hydrogen-bond acceptors (Lipinski definition) is 6. The third-order valence-corrected chi connectivity index (χ3v) is 10.6. The number of carbonyl (C=O) groups excluding carboxylic acids is 3. The third kappa shape index (κ3) is 8.14. The number of alkyl halides is 6. The van der Waals surface area contributed by atoms with E-state index in [0.717, 1.165) is 45.8 Å². The Morgan fingerprint density at radius 2 is 1.78 bits per heavy atom. The highest BCUT2D eigenvalue weighted by Crippen LogP contribution is 2.44. The average molecular weight is 759 g/mol. The minimum absolute atomic E-state index is 0.0416. The van der Waals surface area contributed by atoms with Gasteiger partial charge in [-0.2, -0.15) is 26.3 Å². The van der Waals surface area contributed by atoms with Crippen LogP contribution in [0, 0.1) is 0 Å². The summed E-state index contributed by atoms with van der Waals surface area (Å²) in [6.07, 6.45) is -7.47. The molecule has 1 aromatic carbocycles. The molecular formula is C35H37ClF6N4O4S. The first-order valence-corrected chi connectivity index (χ1v) is 17.7. The summed E-state index contributed by atoms with van der Waals surface area (Å²) in [7, 11) is 3.21.